The molecule has 0 saturated carbocycles. The molecule has 5 rings (SSSR count). The molecule has 0 spiro atoms. The maximum absolute atomic E-state index is 5.92. The lowest BCUT2D eigenvalue weighted by Crippen LogP contribution is -2.21. The van der Waals surface area contributed by atoms with Crippen LogP contribution in [-0.4, -0.2) is 52.5 Å². The zero-order valence-electron chi connectivity index (χ0n) is 15.3. The molecule has 4 fully saturated rings. The Balaban J connectivity index is 1.05. The lowest BCUT2D eigenvalue weighted by molar-refractivity contribution is 0.0916. The van der Waals surface area contributed by atoms with Gasteiger partial charge < -0.3 is 20.1 Å². The molecule has 4 bridgehead atoms. The Labute approximate surface area is 154 Å². The van der Waals surface area contributed by atoms with Gasteiger partial charge in [-0.2, -0.15) is 4.98 Å². The minimum absolute atomic E-state index is 0.493. The fourth-order valence-electron chi connectivity index (χ4n) is 5.30. The van der Waals surface area contributed by atoms with Gasteiger partial charge in [0.2, 0.25) is 11.9 Å². The molecule has 4 aliphatic rings. The van der Waals surface area contributed by atoms with E-state index in [2.05, 4.69) is 25.6 Å². The van der Waals surface area contributed by atoms with Crippen LogP contribution in [0.5, 0.6) is 0 Å². The van der Waals surface area contributed by atoms with E-state index in [1.807, 2.05) is 0 Å². The van der Waals surface area contributed by atoms with Gasteiger partial charge in [0.25, 0.3) is 0 Å². The van der Waals surface area contributed by atoms with Crippen molar-refractivity contribution < 1.29 is 9.47 Å². The van der Waals surface area contributed by atoms with Crippen molar-refractivity contribution in [2.45, 2.75) is 75.8 Å². The maximum atomic E-state index is 5.92. The van der Waals surface area contributed by atoms with Gasteiger partial charge in [0.15, 0.2) is 0 Å². The summed E-state index contributed by atoms with van der Waals surface area (Å²) >= 11 is 0. The lowest BCUT2D eigenvalue weighted by atomic mass is 9.87. The average Bonchev–Trinajstić information content (AvgIpc) is 3.44. The summed E-state index contributed by atoms with van der Waals surface area (Å²) in [5, 5.41) is 6.69. The molecule has 5 heterocycles. The van der Waals surface area contributed by atoms with Crippen molar-refractivity contribution in [2.75, 3.05) is 23.7 Å². The molecular formula is C19H29N5O2. The van der Waals surface area contributed by atoms with Crippen LogP contribution in [0.3, 0.4) is 0 Å². The van der Waals surface area contributed by atoms with Crippen molar-refractivity contribution in [3.63, 3.8) is 0 Å². The largest absolute Gasteiger partial charge is 0.375 e. The number of rotatable bonds is 8. The van der Waals surface area contributed by atoms with Gasteiger partial charge in [0, 0.05) is 13.1 Å². The molecule has 4 saturated heterocycles. The highest BCUT2D eigenvalue weighted by Crippen LogP contribution is 2.41. The molecule has 1 aromatic rings. The smallest absolute Gasteiger partial charge is 0.227 e. The third kappa shape index (κ3) is 3.51. The third-order valence-corrected chi connectivity index (χ3v) is 6.63. The monoisotopic (exact) mass is 359 g/mol. The van der Waals surface area contributed by atoms with E-state index >= 15 is 0 Å². The molecule has 2 N–H and O–H groups in total. The second-order valence-electron chi connectivity index (χ2n) is 8.30. The lowest BCUT2D eigenvalue weighted by Gasteiger charge is -2.19. The predicted octanol–water partition coefficient (Wildman–Crippen LogP) is 2.61. The molecular weight excluding hydrogens is 330 g/mol. The third-order valence-electron chi connectivity index (χ3n) is 6.63. The molecule has 0 radical (unpaired) electrons. The van der Waals surface area contributed by atoms with Gasteiger partial charge >= 0.3 is 0 Å². The summed E-state index contributed by atoms with van der Waals surface area (Å²) in [7, 11) is 0. The van der Waals surface area contributed by atoms with Crippen LogP contribution >= 0.6 is 0 Å². The van der Waals surface area contributed by atoms with Crippen LogP contribution in [0.2, 0.25) is 0 Å². The molecule has 4 aliphatic heterocycles. The molecule has 6 unspecified atom stereocenters. The number of hydrogen-bond acceptors (Lipinski definition) is 7. The van der Waals surface area contributed by atoms with E-state index in [1.165, 1.54) is 38.5 Å². The van der Waals surface area contributed by atoms with Crippen molar-refractivity contribution in [1.82, 2.24) is 15.0 Å². The van der Waals surface area contributed by atoms with Crippen LogP contribution in [0.4, 0.5) is 11.9 Å². The van der Waals surface area contributed by atoms with Crippen molar-refractivity contribution in [1.29, 1.82) is 0 Å². The van der Waals surface area contributed by atoms with Crippen molar-refractivity contribution in [3.05, 3.63) is 6.33 Å². The standard InChI is InChI=1S/C19H29N5O2/c1-3-16-12(9-14(1)25-16)5-7-20-18-22-11-23-19(24-18)21-8-6-13-10-15-2-4-17(13)26-15/h11-17H,1-10H2,(H2,20,21,22,23,24). The Bertz CT molecular complexity index is 580. The van der Waals surface area contributed by atoms with E-state index in [1.54, 1.807) is 6.33 Å². The molecule has 26 heavy (non-hydrogen) atoms. The second kappa shape index (κ2) is 7.27. The van der Waals surface area contributed by atoms with Gasteiger partial charge in [-0.1, -0.05) is 0 Å². The first-order valence-corrected chi connectivity index (χ1v) is 10.3. The molecule has 0 amide bonds. The van der Waals surface area contributed by atoms with Gasteiger partial charge in [-0.15, -0.1) is 0 Å². The Kier molecular flexibility index (Phi) is 4.67. The maximum Gasteiger partial charge on any atom is 0.227 e. The van der Waals surface area contributed by atoms with Crippen molar-refractivity contribution in [3.8, 4) is 0 Å². The number of aromatic nitrogens is 3. The van der Waals surface area contributed by atoms with Crippen LogP contribution in [0.1, 0.15) is 51.4 Å². The summed E-state index contributed by atoms with van der Waals surface area (Å²) in [6.45, 7) is 1.78. The molecule has 7 heteroatoms. The first-order valence-electron chi connectivity index (χ1n) is 10.3. The summed E-state index contributed by atoms with van der Waals surface area (Å²) < 4.78 is 11.8. The van der Waals surface area contributed by atoms with Gasteiger partial charge in [0.05, 0.1) is 24.4 Å². The number of nitrogens with one attached hydrogen (secondary N) is 2. The molecule has 0 aromatic carbocycles. The normalized spacial score (nSPS) is 37.4. The van der Waals surface area contributed by atoms with Crippen LogP contribution in [-0.2, 0) is 9.47 Å². The van der Waals surface area contributed by atoms with Crippen LogP contribution < -0.4 is 10.6 Å². The minimum atomic E-state index is 0.493. The van der Waals surface area contributed by atoms with Crippen LogP contribution in [0.15, 0.2) is 6.33 Å². The summed E-state index contributed by atoms with van der Waals surface area (Å²) in [5.41, 5.74) is 0. The van der Waals surface area contributed by atoms with Crippen molar-refractivity contribution >= 4 is 11.9 Å². The van der Waals surface area contributed by atoms with Crippen LogP contribution in [0.25, 0.3) is 0 Å². The fourth-order valence-corrected chi connectivity index (χ4v) is 5.30. The van der Waals surface area contributed by atoms with E-state index in [4.69, 9.17) is 9.47 Å². The van der Waals surface area contributed by atoms with Gasteiger partial charge in [0.1, 0.15) is 6.33 Å². The van der Waals surface area contributed by atoms with Crippen LogP contribution in [0, 0.1) is 11.8 Å². The Hall–Kier alpha value is -1.47. The summed E-state index contributed by atoms with van der Waals surface area (Å²) in [6, 6.07) is 0. The Morgan fingerprint density at radius 1 is 0.808 bits per heavy atom. The minimum Gasteiger partial charge on any atom is -0.375 e. The molecule has 0 aliphatic carbocycles. The molecule has 142 valence electrons. The highest BCUT2D eigenvalue weighted by Gasteiger charge is 2.40. The molecule has 1 aromatic heterocycles. The number of fused-ring (bicyclic) bond motifs is 4. The van der Waals surface area contributed by atoms with E-state index in [9.17, 15) is 0 Å². The second-order valence-corrected chi connectivity index (χ2v) is 8.30. The highest BCUT2D eigenvalue weighted by atomic mass is 16.5. The van der Waals surface area contributed by atoms with E-state index in [0.29, 0.717) is 48.1 Å². The summed E-state index contributed by atoms with van der Waals surface area (Å²) in [6.07, 6.45) is 13.3. The number of hydrogen-bond donors (Lipinski definition) is 2. The number of nitrogens with zero attached hydrogens (tertiary/aromatic N) is 3. The topological polar surface area (TPSA) is 81.2 Å². The van der Waals surface area contributed by atoms with Crippen molar-refractivity contribution in [2.24, 2.45) is 11.8 Å². The summed E-state index contributed by atoms with van der Waals surface area (Å²) in [4.78, 5) is 13.0. The highest BCUT2D eigenvalue weighted by molar-refractivity contribution is 5.32. The molecule has 6 atom stereocenters. The quantitative estimate of drug-likeness (QED) is 0.738. The predicted molar refractivity (Wildman–Crippen MR) is 98.0 cm³/mol. The fraction of sp³-hybridized carbons (Fsp3) is 0.842. The first-order chi connectivity index (χ1) is 12.8. The van der Waals surface area contributed by atoms with E-state index in [-0.39, 0.29) is 0 Å². The number of ether oxygens (including phenoxy) is 2. The average molecular weight is 359 g/mol. The SMILES string of the molecule is c1nc(NCCC2CC3CCC2O3)nc(NCCC2CC3CCC2O3)n1. The Morgan fingerprint density at radius 3 is 1.77 bits per heavy atom. The zero-order chi connectivity index (χ0) is 17.3. The van der Waals surface area contributed by atoms with E-state index < -0.39 is 0 Å². The van der Waals surface area contributed by atoms with Gasteiger partial charge in [-0.05, 0) is 63.2 Å². The summed E-state index contributed by atoms with van der Waals surface area (Å²) in [5.74, 6) is 2.72. The van der Waals surface area contributed by atoms with E-state index in [0.717, 1.165) is 25.9 Å². The van der Waals surface area contributed by atoms with Gasteiger partial charge in [-0.25, -0.2) is 9.97 Å². The Morgan fingerprint density at radius 2 is 1.35 bits per heavy atom. The van der Waals surface area contributed by atoms with Gasteiger partial charge in [-0.3, -0.25) is 0 Å². The zero-order valence-corrected chi connectivity index (χ0v) is 15.3. The first kappa shape index (κ1) is 16.7. The number of anilines is 2. The molecule has 7 nitrogen and oxygen atoms in total.